The van der Waals surface area contributed by atoms with Gasteiger partial charge in [-0.05, 0) is 12.8 Å². The molecule has 0 aromatic rings. The molecular formula is C7H18N4. The normalized spacial score (nSPS) is 22.9. The van der Waals surface area contributed by atoms with E-state index in [1.807, 2.05) is 0 Å². The van der Waals surface area contributed by atoms with Crippen molar-refractivity contribution in [1.29, 1.82) is 0 Å². The molecule has 0 bridgehead atoms. The molecule has 3 N–H and O–H groups in total. The predicted octanol–water partition coefficient (Wildman–Crippen LogP) is -0.609. The van der Waals surface area contributed by atoms with E-state index in [0.29, 0.717) is 6.04 Å². The SMILES string of the molecule is CN(C)N1CCC(NN)CC1. The quantitative estimate of drug-likeness (QED) is 0.416. The number of rotatable bonds is 2. The molecular weight excluding hydrogens is 140 g/mol. The lowest BCUT2D eigenvalue weighted by atomic mass is 10.1. The van der Waals surface area contributed by atoms with Crippen molar-refractivity contribution in [2.45, 2.75) is 18.9 Å². The summed E-state index contributed by atoms with van der Waals surface area (Å²) < 4.78 is 0. The molecule has 4 nitrogen and oxygen atoms in total. The van der Waals surface area contributed by atoms with Crippen LogP contribution in [0.4, 0.5) is 0 Å². The number of nitrogens with two attached hydrogens (primary N) is 1. The Labute approximate surface area is 68.3 Å². The Balaban J connectivity index is 2.24. The van der Waals surface area contributed by atoms with Gasteiger partial charge in [0.1, 0.15) is 0 Å². The second-order valence-electron chi connectivity index (χ2n) is 3.24. The molecule has 1 saturated heterocycles. The smallest absolute Gasteiger partial charge is 0.0236 e. The number of hydrogen-bond donors (Lipinski definition) is 2. The zero-order valence-electron chi connectivity index (χ0n) is 7.38. The predicted molar refractivity (Wildman–Crippen MR) is 45.6 cm³/mol. The molecule has 0 unspecified atom stereocenters. The Kier molecular flexibility index (Phi) is 3.26. The second kappa shape index (κ2) is 4.01. The van der Waals surface area contributed by atoms with Crippen molar-refractivity contribution < 1.29 is 0 Å². The van der Waals surface area contributed by atoms with Crippen molar-refractivity contribution in [2.24, 2.45) is 5.84 Å². The highest BCUT2D eigenvalue weighted by molar-refractivity contribution is 4.72. The van der Waals surface area contributed by atoms with E-state index in [9.17, 15) is 0 Å². The third-order valence-electron chi connectivity index (χ3n) is 2.27. The minimum absolute atomic E-state index is 0.520. The lowest BCUT2D eigenvalue weighted by Crippen LogP contribution is -2.49. The molecule has 0 radical (unpaired) electrons. The molecule has 0 aromatic heterocycles. The van der Waals surface area contributed by atoms with Gasteiger partial charge in [-0.3, -0.25) is 11.3 Å². The van der Waals surface area contributed by atoms with Crippen LogP contribution in [0, 0.1) is 0 Å². The fourth-order valence-electron chi connectivity index (χ4n) is 1.43. The fraction of sp³-hybridized carbons (Fsp3) is 1.00. The van der Waals surface area contributed by atoms with E-state index in [1.54, 1.807) is 0 Å². The number of hydrazine groups is 2. The molecule has 1 fully saturated rings. The van der Waals surface area contributed by atoms with Crippen molar-refractivity contribution in [3.05, 3.63) is 0 Å². The highest BCUT2D eigenvalue weighted by Gasteiger charge is 2.18. The minimum atomic E-state index is 0.520. The number of hydrogen-bond acceptors (Lipinski definition) is 4. The van der Waals surface area contributed by atoms with Crippen LogP contribution in [0.15, 0.2) is 0 Å². The van der Waals surface area contributed by atoms with Crippen LogP contribution in [-0.4, -0.2) is 43.2 Å². The van der Waals surface area contributed by atoms with Gasteiger partial charge in [0.25, 0.3) is 0 Å². The summed E-state index contributed by atoms with van der Waals surface area (Å²) in [5.41, 5.74) is 2.82. The van der Waals surface area contributed by atoms with Crippen molar-refractivity contribution in [3.63, 3.8) is 0 Å². The second-order valence-corrected chi connectivity index (χ2v) is 3.24. The summed E-state index contributed by atoms with van der Waals surface area (Å²) in [5, 5.41) is 4.47. The lowest BCUT2D eigenvalue weighted by Gasteiger charge is -2.35. The van der Waals surface area contributed by atoms with Gasteiger partial charge in [0, 0.05) is 33.2 Å². The first kappa shape index (κ1) is 8.93. The van der Waals surface area contributed by atoms with Crippen molar-refractivity contribution in [3.8, 4) is 0 Å². The number of nitrogens with zero attached hydrogens (tertiary/aromatic N) is 2. The zero-order chi connectivity index (χ0) is 8.27. The van der Waals surface area contributed by atoms with Gasteiger partial charge in [0.05, 0.1) is 0 Å². The van der Waals surface area contributed by atoms with E-state index in [4.69, 9.17) is 5.84 Å². The van der Waals surface area contributed by atoms with Crippen molar-refractivity contribution >= 4 is 0 Å². The maximum Gasteiger partial charge on any atom is 0.0236 e. The monoisotopic (exact) mass is 158 g/mol. The van der Waals surface area contributed by atoms with E-state index >= 15 is 0 Å². The summed E-state index contributed by atoms with van der Waals surface area (Å²) >= 11 is 0. The van der Waals surface area contributed by atoms with Crippen LogP contribution in [0.25, 0.3) is 0 Å². The third-order valence-corrected chi connectivity index (χ3v) is 2.27. The van der Waals surface area contributed by atoms with Gasteiger partial charge >= 0.3 is 0 Å². The van der Waals surface area contributed by atoms with Crippen LogP contribution in [0.1, 0.15) is 12.8 Å². The van der Waals surface area contributed by atoms with Gasteiger partial charge in [-0.1, -0.05) is 0 Å². The highest BCUT2D eigenvalue weighted by atomic mass is 15.6. The average Bonchev–Trinajstić information content (AvgIpc) is 2.05. The summed E-state index contributed by atoms with van der Waals surface area (Å²) in [7, 11) is 4.16. The van der Waals surface area contributed by atoms with Crippen LogP contribution in [0.5, 0.6) is 0 Å². The number of piperidine rings is 1. The summed E-state index contributed by atoms with van der Waals surface area (Å²) in [4.78, 5) is 0. The molecule has 0 spiro atoms. The first-order valence-electron chi connectivity index (χ1n) is 4.12. The molecule has 4 heteroatoms. The van der Waals surface area contributed by atoms with Gasteiger partial charge in [-0.15, -0.1) is 0 Å². The van der Waals surface area contributed by atoms with Crippen LogP contribution in [-0.2, 0) is 0 Å². The number of nitrogens with one attached hydrogen (secondary N) is 1. The minimum Gasteiger partial charge on any atom is -0.271 e. The molecule has 0 aliphatic carbocycles. The molecule has 0 amide bonds. The summed E-state index contributed by atoms with van der Waals surface area (Å²) in [6.45, 7) is 2.23. The van der Waals surface area contributed by atoms with Gasteiger partial charge in [0.15, 0.2) is 0 Å². The summed E-state index contributed by atoms with van der Waals surface area (Å²) in [6.07, 6.45) is 2.30. The maximum atomic E-state index is 5.34. The first-order valence-corrected chi connectivity index (χ1v) is 4.12. The molecule has 0 saturated carbocycles. The molecule has 1 aliphatic rings. The Morgan fingerprint density at radius 2 is 1.91 bits per heavy atom. The molecule has 0 atom stereocenters. The van der Waals surface area contributed by atoms with E-state index in [0.717, 1.165) is 25.9 Å². The van der Waals surface area contributed by atoms with Gasteiger partial charge < -0.3 is 0 Å². The average molecular weight is 158 g/mol. The Hall–Kier alpha value is -0.160. The van der Waals surface area contributed by atoms with Crippen molar-refractivity contribution in [2.75, 3.05) is 27.2 Å². The summed E-state index contributed by atoms with van der Waals surface area (Å²) in [5.74, 6) is 5.34. The Morgan fingerprint density at radius 1 is 1.36 bits per heavy atom. The standard InChI is InChI=1S/C7H18N4/c1-10(2)11-5-3-7(9-8)4-6-11/h7,9H,3-6,8H2,1-2H3. The van der Waals surface area contributed by atoms with Gasteiger partial charge in [-0.2, -0.15) is 0 Å². The largest absolute Gasteiger partial charge is 0.271 e. The first-order chi connectivity index (χ1) is 5.24. The van der Waals surface area contributed by atoms with E-state index < -0.39 is 0 Å². The molecule has 11 heavy (non-hydrogen) atoms. The van der Waals surface area contributed by atoms with Crippen LogP contribution in [0.3, 0.4) is 0 Å². The van der Waals surface area contributed by atoms with Crippen molar-refractivity contribution in [1.82, 2.24) is 15.4 Å². The lowest BCUT2D eigenvalue weighted by molar-refractivity contribution is -0.000399. The van der Waals surface area contributed by atoms with E-state index in [1.165, 1.54) is 0 Å². The van der Waals surface area contributed by atoms with E-state index in [2.05, 4.69) is 29.5 Å². The van der Waals surface area contributed by atoms with Gasteiger partial charge in [-0.25, -0.2) is 10.0 Å². The highest BCUT2D eigenvalue weighted by Crippen LogP contribution is 2.09. The third kappa shape index (κ3) is 2.41. The molecule has 1 rings (SSSR count). The maximum absolute atomic E-state index is 5.34. The molecule has 0 aromatic carbocycles. The zero-order valence-corrected chi connectivity index (χ0v) is 7.38. The Morgan fingerprint density at radius 3 is 2.27 bits per heavy atom. The van der Waals surface area contributed by atoms with E-state index in [-0.39, 0.29) is 0 Å². The van der Waals surface area contributed by atoms with Crippen LogP contribution in [0.2, 0.25) is 0 Å². The molecule has 66 valence electrons. The molecule has 1 aliphatic heterocycles. The van der Waals surface area contributed by atoms with Crippen LogP contribution < -0.4 is 11.3 Å². The topological polar surface area (TPSA) is 44.5 Å². The summed E-state index contributed by atoms with van der Waals surface area (Å²) in [6, 6.07) is 0.520. The fourth-order valence-corrected chi connectivity index (χ4v) is 1.43. The Bertz CT molecular complexity index is 107. The van der Waals surface area contributed by atoms with Crippen LogP contribution >= 0.6 is 0 Å². The van der Waals surface area contributed by atoms with Gasteiger partial charge in [0.2, 0.25) is 0 Å². The molecule has 1 heterocycles.